The van der Waals surface area contributed by atoms with Crippen LogP contribution in [0.2, 0.25) is 0 Å². The van der Waals surface area contributed by atoms with E-state index in [-0.39, 0.29) is 11.8 Å². The maximum atomic E-state index is 12.3. The Morgan fingerprint density at radius 2 is 1.45 bits per heavy atom. The van der Waals surface area contributed by atoms with Gasteiger partial charge in [-0.15, -0.1) is 11.8 Å². The van der Waals surface area contributed by atoms with Gasteiger partial charge in [-0.2, -0.15) is 0 Å². The average molecular weight is 471 g/mol. The van der Waals surface area contributed by atoms with E-state index in [1.165, 1.54) is 11.8 Å². The number of nitrogens with one attached hydrogen (secondary N) is 2. The normalized spacial score (nSPS) is 10.3. The molecule has 0 bridgehead atoms. The minimum absolute atomic E-state index is 0.0748. The first-order valence-corrected chi connectivity index (χ1v) is 10.5. The van der Waals surface area contributed by atoms with E-state index < -0.39 is 0 Å². The molecule has 0 aliphatic rings. The summed E-state index contributed by atoms with van der Waals surface area (Å²) in [6.07, 6.45) is 0. The van der Waals surface area contributed by atoms with Crippen molar-refractivity contribution >= 4 is 50.9 Å². The second-order valence-corrected chi connectivity index (χ2v) is 8.02. The fraction of sp³-hybridized carbons (Fsp3) is 0.0909. The molecule has 0 radical (unpaired) electrons. The van der Waals surface area contributed by atoms with Gasteiger partial charge in [-0.3, -0.25) is 9.59 Å². The summed E-state index contributed by atoms with van der Waals surface area (Å²) in [6.45, 7) is 0. The van der Waals surface area contributed by atoms with E-state index >= 15 is 0 Å². The third-order valence-electron chi connectivity index (χ3n) is 3.96. The molecule has 3 aromatic carbocycles. The number of anilines is 2. The second-order valence-electron chi connectivity index (χ2n) is 6.05. The molecule has 0 aliphatic heterocycles. The van der Waals surface area contributed by atoms with Crippen molar-refractivity contribution in [3.63, 3.8) is 0 Å². The molecule has 0 heterocycles. The highest BCUT2D eigenvalue weighted by Crippen LogP contribution is 2.22. The fourth-order valence-electron chi connectivity index (χ4n) is 2.46. The lowest BCUT2D eigenvalue weighted by Crippen LogP contribution is -2.13. The van der Waals surface area contributed by atoms with Crippen molar-refractivity contribution in [2.75, 3.05) is 23.5 Å². The Balaban J connectivity index is 1.49. The smallest absolute Gasteiger partial charge is 0.255 e. The molecule has 3 aromatic rings. The highest BCUT2D eigenvalue weighted by Gasteiger charge is 2.07. The quantitative estimate of drug-likeness (QED) is 0.451. The van der Waals surface area contributed by atoms with Crippen molar-refractivity contribution < 1.29 is 14.3 Å². The van der Waals surface area contributed by atoms with Crippen LogP contribution in [0.1, 0.15) is 10.4 Å². The van der Waals surface area contributed by atoms with Gasteiger partial charge in [-0.05, 0) is 72.8 Å². The predicted molar refractivity (Wildman–Crippen MR) is 121 cm³/mol. The van der Waals surface area contributed by atoms with E-state index in [2.05, 4.69) is 26.6 Å². The number of rotatable bonds is 7. The molecule has 2 amide bonds. The van der Waals surface area contributed by atoms with Crippen LogP contribution < -0.4 is 15.4 Å². The van der Waals surface area contributed by atoms with E-state index in [0.717, 1.165) is 15.1 Å². The lowest BCUT2D eigenvalue weighted by Gasteiger charge is -2.08. The van der Waals surface area contributed by atoms with Crippen LogP contribution in [0.4, 0.5) is 11.4 Å². The van der Waals surface area contributed by atoms with Crippen molar-refractivity contribution in [2.45, 2.75) is 4.90 Å². The molecule has 0 unspecified atom stereocenters. The zero-order chi connectivity index (χ0) is 20.6. The molecule has 0 atom stereocenters. The molecular weight excluding hydrogens is 452 g/mol. The van der Waals surface area contributed by atoms with Crippen LogP contribution in [0.25, 0.3) is 0 Å². The van der Waals surface area contributed by atoms with Gasteiger partial charge in [0.05, 0.1) is 12.9 Å². The lowest BCUT2D eigenvalue weighted by molar-refractivity contribution is -0.113. The maximum Gasteiger partial charge on any atom is 0.255 e. The Hall–Kier alpha value is -2.77. The number of halogens is 1. The van der Waals surface area contributed by atoms with Crippen LogP contribution in [0, 0.1) is 0 Å². The molecule has 2 N–H and O–H groups in total. The maximum absolute atomic E-state index is 12.3. The van der Waals surface area contributed by atoms with Crippen LogP contribution in [-0.4, -0.2) is 24.7 Å². The number of hydrogen-bond acceptors (Lipinski definition) is 4. The molecule has 0 saturated carbocycles. The fourth-order valence-corrected chi connectivity index (χ4v) is 3.42. The summed E-state index contributed by atoms with van der Waals surface area (Å²) in [7, 11) is 1.58. The summed E-state index contributed by atoms with van der Waals surface area (Å²) in [4.78, 5) is 25.3. The van der Waals surface area contributed by atoms with Crippen molar-refractivity contribution in [1.29, 1.82) is 0 Å². The number of amides is 2. The molecule has 0 aliphatic carbocycles. The Kier molecular flexibility index (Phi) is 7.32. The summed E-state index contributed by atoms with van der Waals surface area (Å²) in [6, 6.07) is 21.7. The van der Waals surface area contributed by atoms with E-state index in [1.54, 1.807) is 31.4 Å². The number of benzene rings is 3. The van der Waals surface area contributed by atoms with Crippen molar-refractivity contribution in [2.24, 2.45) is 0 Å². The molecular formula is C22H19BrN2O3S. The molecule has 0 fully saturated rings. The summed E-state index contributed by atoms with van der Waals surface area (Å²) in [5, 5.41) is 5.71. The van der Waals surface area contributed by atoms with Gasteiger partial charge >= 0.3 is 0 Å². The number of methoxy groups -OCH3 is 1. The van der Waals surface area contributed by atoms with Gasteiger partial charge in [0.2, 0.25) is 5.91 Å². The molecule has 29 heavy (non-hydrogen) atoms. The first-order chi connectivity index (χ1) is 14.0. The summed E-state index contributed by atoms with van der Waals surface area (Å²) >= 11 is 4.80. The number of ether oxygens (including phenoxy) is 1. The summed E-state index contributed by atoms with van der Waals surface area (Å²) in [5.41, 5.74) is 2.00. The highest BCUT2D eigenvalue weighted by molar-refractivity contribution is 9.10. The van der Waals surface area contributed by atoms with Gasteiger partial charge in [-0.25, -0.2) is 0 Å². The molecule has 0 saturated heterocycles. The third-order valence-corrected chi connectivity index (χ3v) is 5.50. The summed E-state index contributed by atoms with van der Waals surface area (Å²) < 4.78 is 6.06. The number of carbonyl (C=O) groups excluding carboxylic acids is 2. The first kappa shape index (κ1) is 21.0. The van der Waals surface area contributed by atoms with Crippen LogP contribution in [-0.2, 0) is 4.79 Å². The lowest BCUT2D eigenvalue weighted by atomic mass is 10.2. The van der Waals surface area contributed by atoms with Crippen molar-refractivity contribution in [1.82, 2.24) is 0 Å². The minimum Gasteiger partial charge on any atom is -0.497 e. The monoisotopic (exact) mass is 470 g/mol. The molecule has 148 valence electrons. The minimum atomic E-state index is -0.193. The zero-order valence-corrected chi connectivity index (χ0v) is 18.0. The Labute approximate surface area is 182 Å². The number of hydrogen-bond donors (Lipinski definition) is 2. The van der Waals surface area contributed by atoms with Crippen LogP contribution >= 0.6 is 27.7 Å². The van der Waals surface area contributed by atoms with Gasteiger partial charge in [0, 0.05) is 26.3 Å². The van der Waals surface area contributed by atoms with E-state index in [4.69, 9.17) is 4.74 Å². The van der Waals surface area contributed by atoms with E-state index in [9.17, 15) is 9.59 Å². The molecule has 0 spiro atoms. The third kappa shape index (κ3) is 6.37. The largest absolute Gasteiger partial charge is 0.497 e. The molecule has 0 aromatic heterocycles. The van der Waals surface area contributed by atoms with Crippen molar-refractivity contribution in [3.8, 4) is 5.75 Å². The molecule has 5 nitrogen and oxygen atoms in total. The Bertz CT molecular complexity index is 974. The highest BCUT2D eigenvalue weighted by atomic mass is 79.9. The van der Waals surface area contributed by atoms with Gasteiger partial charge in [0.1, 0.15) is 5.75 Å². The first-order valence-electron chi connectivity index (χ1n) is 8.77. The van der Waals surface area contributed by atoms with Gasteiger partial charge in [-0.1, -0.05) is 15.9 Å². The van der Waals surface area contributed by atoms with Gasteiger partial charge < -0.3 is 15.4 Å². The number of thioether (sulfide) groups is 1. The Morgan fingerprint density at radius 1 is 0.862 bits per heavy atom. The second kappa shape index (κ2) is 10.1. The van der Waals surface area contributed by atoms with E-state index in [1.807, 2.05) is 48.5 Å². The SMILES string of the molecule is COc1ccc(C(=O)Nc2ccc(SCC(=O)Nc3ccc(Br)cc3)cc2)cc1. The zero-order valence-electron chi connectivity index (χ0n) is 15.6. The molecule has 3 rings (SSSR count). The Morgan fingerprint density at radius 3 is 2.07 bits per heavy atom. The average Bonchev–Trinajstić information content (AvgIpc) is 2.75. The summed E-state index contributed by atoms with van der Waals surface area (Å²) in [5.74, 6) is 0.733. The van der Waals surface area contributed by atoms with Crippen molar-refractivity contribution in [3.05, 3.63) is 82.8 Å². The van der Waals surface area contributed by atoms with Gasteiger partial charge in [0.15, 0.2) is 0 Å². The van der Waals surface area contributed by atoms with Crippen LogP contribution in [0.15, 0.2) is 82.2 Å². The number of carbonyl (C=O) groups is 2. The standard InChI is InChI=1S/C22H19BrN2O3S/c1-28-19-10-2-15(3-11-19)22(27)25-18-8-12-20(13-9-18)29-14-21(26)24-17-6-4-16(23)5-7-17/h2-13H,14H2,1H3,(H,24,26)(H,25,27). The van der Waals surface area contributed by atoms with Crippen LogP contribution in [0.5, 0.6) is 5.75 Å². The van der Waals surface area contributed by atoms with Gasteiger partial charge in [0.25, 0.3) is 5.91 Å². The molecule has 7 heteroatoms. The predicted octanol–water partition coefficient (Wildman–Crippen LogP) is 5.44. The topological polar surface area (TPSA) is 67.4 Å². The van der Waals surface area contributed by atoms with Crippen LogP contribution in [0.3, 0.4) is 0 Å². The van der Waals surface area contributed by atoms with E-state index in [0.29, 0.717) is 22.8 Å².